The average molecular weight is 423 g/mol. The van der Waals surface area contributed by atoms with Crippen LogP contribution in [0, 0.1) is 5.41 Å². The molecule has 5 N–H and O–H groups in total. The van der Waals surface area contributed by atoms with Crippen LogP contribution in [0.15, 0.2) is 5.03 Å². The van der Waals surface area contributed by atoms with Gasteiger partial charge in [0, 0.05) is 19.1 Å². The van der Waals surface area contributed by atoms with Crippen LogP contribution in [0.4, 0.5) is 16.4 Å². The molecule has 2 aliphatic rings. The number of nitrogens with two attached hydrogens (primary N) is 2. The molecule has 1 spiro atoms. The van der Waals surface area contributed by atoms with Crippen LogP contribution >= 0.6 is 12.6 Å². The first-order valence-electron chi connectivity index (χ1n) is 9.91. The number of amides is 2. The number of ether oxygens (including phenoxy) is 1. The molecule has 1 saturated carbocycles. The van der Waals surface area contributed by atoms with Crippen LogP contribution in [0.5, 0.6) is 0 Å². The van der Waals surface area contributed by atoms with Gasteiger partial charge in [-0.15, -0.1) is 12.6 Å². The summed E-state index contributed by atoms with van der Waals surface area (Å²) in [5.41, 5.74) is 10.9. The molecule has 0 unspecified atom stereocenters. The van der Waals surface area contributed by atoms with Crippen LogP contribution in [0.1, 0.15) is 63.4 Å². The molecule has 2 heterocycles. The maximum atomic E-state index is 12.3. The van der Waals surface area contributed by atoms with Gasteiger partial charge in [-0.2, -0.15) is 0 Å². The lowest BCUT2D eigenvalue weighted by atomic mass is 9.74. The predicted octanol–water partition coefficient (Wildman–Crippen LogP) is 2.11. The largest absolute Gasteiger partial charge is 0.444 e. The molecule has 10 heteroatoms. The number of anilines is 2. The highest BCUT2D eigenvalue weighted by Gasteiger charge is 2.46. The Balaban J connectivity index is 1.72. The summed E-state index contributed by atoms with van der Waals surface area (Å²) in [5.74, 6) is -0.0929. The maximum Gasteiger partial charge on any atom is 0.407 e. The van der Waals surface area contributed by atoms with Gasteiger partial charge in [-0.05, 0) is 51.9 Å². The Morgan fingerprint density at radius 3 is 2.48 bits per heavy atom. The maximum absolute atomic E-state index is 12.3. The summed E-state index contributed by atoms with van der Waals surface area (Å²) >= 11 is 4.14. The third kappa shape index (κ3) is 4.68. The minimum absolute atomic E-state index is 0.0166. The van der Waals surface area contributed by atoms with E-state index in [1.807, 2.05) is 25.7 Å². The van der Waals surface area contributed by atoms with Crippen LogP contribution in [0.2, 0.25) is 0 Å². The highest BCUT2D eigenvalue weighted by atomic mass is 32.1. The number of nitrogens with zero attached hydrogens (tertiary/aromatic N) is 3. The molecule has 1 aromatic rings. The van der Waals surface area contributed by atoms with Crippen molar-refractivity contribution in [2.75, 3.05) is 23.7 Å². The van der Waals surface area contributed by atoms with Crippen molar-refractivity contribution in [2.45, 2.75) is 69.5 Å². The highest BCUT2D eigenvalue weighted by Crippen LogP contribution is 2.47. The first kappa shape index (κ1) is 21.5. The summed E-state index contributed by atoms with van der Waals surface area (Å²) in [5, 5.41) is 3.27. The van der Waals surface area contributed by atoms with Crippen LogP contribution in [-0.4, -0.2) is 46.7 Å². The Morgan fingerprint density at radius 1 is 1.24 bits per heavy atom. The van der Waals surface area contributed by atoms with E-state index >= 15 is 0 Å². The number of rotatable bonds is 3. The molecule has 160 valence electrons. The zero-order valence-corrected chi connectivity index (χ0v) is 18.1. The van der Waals surface area contributed by atoms with Crippen LogP contribution in [-0.2, 0) is 4.74 Å². The third-order valence-electron chi connectivity index (χ3n) is 5.77. The zero-order chi connectivity index (χ0) is 21.4. The van der Waals surface area contributed by atoms with Gasteiger partial charge < -0.3 is 26.4 Å². The smallest absolute Gasteiger partial charge is 0.407 e. The molecule has 9 nitrogen and oxygen atoms in total. The normalized spacial score (nSPS) is 21.2. The molecule has 1 atom stereocenters. The fourth-order valence-corrected chi connectivity index (χ4v) is 4.54. The van der Waals surface area contributed by atoms with Crippen molar-refractivity contribution in [3.63, 3.8) is 0 Å². The van der Waals surface area contributed by atoms with Crippen molar-refractivity contribution in [2.24, 2.45) is 11.1 Å². The van der Waals surface area contributed by atoms with Gasteiger partial charge in [-0.25, -0.2) is 14.8 Å². The first-order chi connectivity index (χ1) is 13.5. The SMILES string of the molecule is CC(C)(C)OC(=O)N[C@@H]1CCCC12CCN(c1nc(N)c(S)nc1C(N)=O)CC2. The standard InChI is InChI=1S/C19H30N6O3S/c1-18(2,3)28-17(27)22-11-5-4-6-19(11)7-9-25(10-8-19)15-12(14(21)26)23-16(29)13(20)24-15/h11H,4-10H2,1-3H3,(H2,20,24)(H2,21,26)(H,22,27)(H,23,29)/t11-/m1/s1. The van der Waals surface area contributed by atoms with Gasteiger partial charge in [0.15, 0.2) is 17.3 Å². The van der Waals surface area contributed by atoms with Gasteiger partial charge in [0.1, 0.15) is 10.6 Å². The van der Waals surface area contributed by atoms with E-state index in [1.54, 1.807) is 0 Å². The number of aromatic nitrogens is 2. The van der Waals surface area contributed by atoms with Gasteiger partial charge in [0.25, 0.3) is 5.91 Å². The highest BCUT2D eigenvalue weighted by molar-refractivity contribution is 7.80. The van der Waals surface area contributed by atoms with Gasteiger partial charge in [-0.1, -0.05) is 6.42 Å². The van der Waals surface area contributed by atoms with Crippen molar-refractivity contribution in [3.8, 4) is 0 Å². The van der Waals surface area contributed by atoms with Gasteiger partial charge in [-0.3, -0.25) is 4.79 Å². The Bertz CT molecular complexity index is 802. The average Bonchev–Trinajstić information content (AvgIpc) is 2.97. The molecule has 0 aromatic carbocycles. The molecular formula is C19H30N6O3S. The van der Waals surface area contributed by atoms with Crippen molar-refractivity contribution < 1.29 is 14.3 Å². The summed E-state index contributed by atoms with van der Waals surface area (Å²) in [4.78, 5) is 34.5. The van der Waals surface area contributed by atoms with Crippen LogP contribution in [0.3, 0.4) is 0 Å². The quantitative estimate of drug-likeness (QED) is 0.548. The summed E-state index contributed by atoms with van der Waals surface area (Å²) < 4.78 is 5.44. The molecule has 2 fully saturated rings. The molecule has 3 rings (SSSR count). The lowest BCUT2D eigenvalue weighted by Gasteiger charge is -2.44. The summed E-state index contributed by atoms with van der Waals surface area (Å²) in [6.07, 6.45) is 4.39. The number of carbonyl (C=O) groups excluding carboxylic acids is 2. The molecule has 1 saturated heterocycles. The number of nitrogens with one attached hydrogen (secondary N) is 1. The molecule has 2 amide bonds. The van der Waals surface area contributed by atoms with E-state index in [1.165, 1.54) is 0 Å². The second kappa shape index (κ2) is 7.89. The number of thiol groups is 1. The first-order valence-corrected chi connectivity index (χ1v) is 10.4. The van der Waals surface area contributed by atoms with Gasteiger partial charge >= 0.3 is 6.09 Å². The van der Waals surface area contributed by atoms with E-state index in [9.17, 15) is 9.59 Å². The van der Waals surface area contributed by atoms with E-state index in [2.05, 4.69) is 27.9 Å². The number of alkyl carbamates (subject to hydrolysis) is 1. The van der Waals surface area contributed by atoms with E-state index in [-0.39, 0.29) is 34.1 Å². The number of hydrogen-bond donors (Lipinski definition) is 4. The minimum atomic E-state index is -0.659. The van der Waals surface area contributed by atoms with Crippen LogP contribution < -0.4 is 21.7 Å². The van der Waals surface area contributed by atoms with E-state index in [0.29, 0.717) is 18.9 Å². The summed E-state index contributed by atoms with van der Waals surface area (Å²) in [7, 11) is 0. The van der Waals surface area contributed by atoms with E-state index in [4.69, 9.17) is 16.2 Å². The number of primary amides is 1. The fourth-order valence-electron chi connectivity index (χ4n) is 4.39. The van der Waals surface area contributed by atoms with Gasteiger partial charge in [0.2, 0.25) is 0 Å². The molecule has 29 heavy (non-hydrogen) atoms. The predicted molar refractivity (Wildman–Crippen MR) is 113 cm³/mol. The zero-order valence-electron chi connectivity index (χ0n) is 17.2. The third-order valence-corrected chi connectivity index (χ3v) is 6.10. The second-order valence-electron chi connectivity index (χ2n) is 8.91. The minimum Gasteiger partial charge on any atom is -0.444 e. The Kier molecular flexibility index (Phi) is 5.84. The van der Waals surface area contributed by atoms with Crippen molar-refractivity contribution >= 4 is 36.3 Å². The Labute approximate surface area is 176 Å². The molecular weight excluding hydrogens is 392 g/mol. The van der Waals surface area contributed by atoms with E-state index < -0.39 is 11.5 Å². The summed E-state index contributed by atoms with van der Waals surface area (Å²) in [6, 6.07) is 0.0751. The Hall–Kier alpha value is -2.23. The van der Waals surface area contributed by atoms with Gasteiger partial charge in [0.05, 0.1) is 0 Å². The lowest BCUT2D eigenvalue weighted by Crippen LogP contribution is -2.51. The van der Waals surface area contributed by atoms with Crippen molar-refractivity contribution in [3.05, 3.63) is 5.69 Å². The number of nitrogen functional groups attached to an aromatic ring is 1. The lowest BCUT2D eigenvalue weighted by molar-refractivity contribution is 0.0442. The van der Waals surface area contributed by atoms with E-state index in [0.717, 1.165) is 32.1 Å². The monoisotopic (exact) mass is 422 g/mol. The fraction of sp³-hybridized carbons (Fsp3) is 0.684. The van der Waals surface area contributed by atoms with Crippen molar-refractivity contribution in [1.29, 1.82) is 0 Å². The number of piperidine rings is 1. The molecule has 0 radical (unpaired) electrons. The topological polar surface area (TPSA) is 136 Å². The second-order valence-corrected chi connectivity index (χ2v) is 9.33. The number of carbonyl (C=O) groups is 2. The molecule has 1 aliphatic carbocycles. The van der Waals surface area contributed by atoms with Crippen molar-refractivity contribution in [1.82, 2.24) is 15.3 Å². The molecule has 1 aliphatic heterocycles. The molecule has 1 aromatic heterocycles. The Morgan fingerprint density at radius 2 is 1.90 bits per heavy atom. The number of hydrogen-bond acceptors (Lipinski definition) is 8. The molecule has 0 bridgehead atoms. The van der Waals surface area contributed by atoms with Crippen LogP contribution in [0.25, 0.3) is 0 Å². The summed E-state index contributed by atoms with van der Waals surface area (Å²) in [6.45, 7) is 6.91.